The highest BCUT2D eigenvalue weighted by atomic mass is 19.1. The molecular weight excluding hydrogens is 273 g/mol. The molecule has 0 aliphatic heterocycles. The lowest BCUT2D eigenvalue weighted by atomic mass is 10.1. The van der Waals surface area contributed by atoms with Crippen molar-refractivity contribution in [2.45, 2.75) is 6.92 Å². The second-order valence-corrected chi connectivity index (χ2v) is 4.54. The number of aryl methyl sites for hydroxylation is 1. The van der Waals surface area contributed by atoms with Crippen molar-refractivity contribution in [1.82, 2.24) is 0 Å². The fraction of sp³-hybridized carbons (Fsp3) is 0.188. The molecule has 0 spiro atoms. The van der Waals surface area contributed by atoms with Crippen LogP contribution in [0.1, 0.15) is 15.9 Å². The SMILES string of the molecule is COc1cc(OC)cc(C(=O)Nc2ccc(C)cc2F)c1. The summed E-state index contributed by atoms with van der Waals surface area (Å²) in [6.45, 7) is 1.78. The van der Waals surface area contributed by atoms with Gasteiger partial charge in [-0.1, -0.05) is 6.07 Å². The molecule has 2 aromatic carbocycles. The van der Waals surface area contributed by atoms with Gasteiger partial charge in [0.15, 0.2) is 0 Å². The number of rotatable bonds is 4. The molecule has 0 aliphatic rings. The lowest BCUT2D eigenvalue weighted by Gasteiger charge is -2.10. The van der Waals surface area contributed by atoms with Crippen molar-refractivity contribution in [2.75, 3.05) is 19.5 Å². The number of amides is 1. The topological polar surface area (TPSA) is 47.6 Å². The summed E-state index contributed by atoms with van der Waals surface area (Å²) >= 11 is 0. The zero-order chi connectivity index (χ0) is 15.4. The maximum atomic E-state index is 13.8. The number of hydrogen-bond donors (Lipinski definition) is 1. The third-order valence-corrected chi connectivity index (χ3v) is 2.99. The number of halogens is 1. The number of anilines is 1. The molecule has 1 amide bonds. The average Bonchev–Trinajstić information content (AvgIpc) is 2.49. The summed E-state index contributed by atoms with van der Waals surface area (Å²) < 4.78 is 24.0. The number of ether oxygens (including phenoxy) is 2. The molecule has 110 valence electrons. The normalized spacial score (nSPS) is 10.1. The van der Waals surface area contributed by atoms with Crippen LogP contribution < -0.4 is 14.8 Å². The van der Waals surface area contributed by atoms with Crippen LogP contribution in [-0.4, -0.2) is 20.1 Å². The minimum absolute atomic E-state index is 0.132. The monoisotopic (exact) mass is 289 g/mol. The lowest BCUT2D eigenvalue weighted by Crippen LogP contribution is -2.13. The first kappa shape index (κ1) is 14.8. The minimum atomic E-state index is -0.474. The van der Waals surface area contributed by atoms with Crippen LogP contribution in [0.5, 0.6) is 11.5 Å². The molecule has 0 aliphatic carbocycles. The molecule has 0 saturated carbocycles. The molecular formula is C16H16FNO3. The molecule has 5 heteroatoms. The van der Waals surface area contributed by atoms with Crippen molar-refractivity contribution in [1.29, 1.82) is 0 Å². The Kier molecular flexibility index (Phi) is 4.42. The van der Waals surface area contributed by atoms with Crippen molar-refractivity contribution < 1.29 is 18.7 Å². The van der Waals surface area contributed by atoms with Crippen molar-refractivity contribution in [3.63, 3.8) is 0 Å². The first-order chi connectivity index (χ1) is 10.0. The van der Waals surface area contributed by atoms with Crippen molar-refractivity contribution in [3.8, 4) is 11.5 Å². The minimum Gasteiger partial charge on any atom is -0.497 e. The lowest BCUT2D eigenvalue weighted by molar-refractivity contribution is 0.102. The molecule has 0 saturated heterocycles. The van der Waals surface area contributed by atoms with E-state index in [-0.39, 0.29) is 5.69 Å². The van der Waals surface area contributed by atoms with Gasteiger partial charge in [0.25, 0.3) is 5.91 Å². The Balaban J connectivity index is 2.27. The highest BCUT2D eigenvalue weighted by Gasteiger charge is 2.12. The van der Waals surface area contributed by atoms with Gasteiger partial charge in [-0.15, -0.1) is 0 Å². The van der Waals surface area contributed by atoms with Gasteiger partial charge >= 0.3 is 0 Å². The predicted molar refractivity (Wildman–Crippen MR) is 78.6 cm³/mol. The number of hydrogen-bond acceptors (Lipinski definition) is 3. The van der Waals surface area contributed by atoms with Gasteiger partial charge in [-0.05, 0) is 36.8 Å². The smallest absolute Gasteiger partial charge is 0.256 e. The standard InChI is InChI=1S/C16H16FNO3/c1-10-4-5-15(14(17)6-10)18-16(19)11-7-12(20-2)9-13(8-11)21-3/h4-9H,1-3H3,(H,18,19). The third kappa shape index (κ3) is 3.51. The van der Waals surface area contributed by atoms with Gasteiger partial charge in [-0.2, -0.15) is 0 Å². The maximum Gasteiger partial charge on any atom is 0.256 e. The molecule has 21 heavy (non-hydrogen) atoms. The molecule has 2 rings (SSSR count). The van der Waals surface area contributed by atoms with Crippen LogP contribution in [-0.2, 0) is 0 Å². The van der Waals surface area contributed by atoms with Crippen LogP contribution in [0.15, 0.2) is 36.4 Å². The first-order valence-electron chi connectivity index (χ1n) is 6.34. The summed E-state index contributed by atoms with van der Waals surface area (Å²) in [5.74, 6) is 0.0703. The summed E-state index contributed by atoms with van der Waals surface area (Å²) in [6.07, 6.45) is 0. The van der Waals surface area contributed by atoms with Gasteiger partial charge < -0.3 is 14.8 Å². The van der Waals surface area contributed by atoms with Crippen molar-refractivity contribution >= 4 is 11.6 Å². The largest absolute Gasteiger partial charge is 0.497 e. The van der Waals surface area contributed by atoms with Crippen LogP contribution >= 0.6 is 0 Å². The summed E-state index contributed by atoms with van der Waals surface area (Å²) in [6, 6.07) is 9.39. The number of carbonyl (C=O) groups excluding carboxylic acids is 1. The van der Waals surface area contributed by atoms with Crippen LogP contribution in [0.25, 0.3) is 0 Å². The highest BCUT2D eigenvalue weighted by molar-refractivity contribution is 6.04. The Morgan fingerprint density at radius 2 is 1.67 bits per heavy atom. The number of carbonyl (C=O) groups is 1. The number of benzene rings is 2. The molecule has 1 N–H and O–H groups in total. The molecule has 0 atom stereocenters. The Labute approximate surface area is 122 Å². The van der Waals surface area contributed by atoms with E-state index in [4.69, 9.17) is 9.47 Å². The van der Waals surface area contributed by atoms with E-state index in [2.05, 4.69) is 5.32 Å². The van der Waals surface area contributed by atoms with Crippen LogP contribution in [0, 0.1) is 12.7 Å². The van der Waals surface area contributed by atoms with Crippen LogP contribution in [0.3, 0.4) is 0 Å². The zero-order valence-electron chi connectivity index (χ0n) is 12.1. The molecule has 0 heterocycles. The molecule has 0 bridgehead atoms. The van der Waals surface area contributed by atoms with Crippen molar-refractivity contribution in [3.05, 3.63) is 53.3 Å². The van der Waals surface area contributed by atoms with Gasteiger partial charge in [-0.3, -0.25) is 4.79 Å². The van der Waals surface area contributed by atoms with Gasteiger partial charge in [0.1, 0.15) is 17.3 Å². The highest BCUT2D eigenvalue weighted by Crippen LogP contribution is 2.24. The van der Waals surface area contributed by atoms with E-state index in [0.29, 0.717) is 17.1 Å². The van der Waals surface area contributed by atoms with E-state index in [9.17, 15) is 9.18 Å². The molecule has 0 fully saturated rings. The summed E-state index contributed by atoms with van der Waals surface area (Å²) in [4.78, 5) is 12.2. The Morgan fingerprint density at radius 1 is 1.05 bits per heavy atom. The Bertz CT molecular complexity index is 648. The van der Waals surface area contributed by atoms with Gasteiger partial charge in [0.2, 0.25) is 0 Å². The second-order valence-electron chi connectivity index (χ2n) is 4.54. The number of methoxy groups -OCH3 is 2. The summed E-state index contributed by atoms with van der Waals surface area (Å²) in [5, 5.41) is 2.53. The van der Waals surface area contributed by atoms with E-state index in [1.165, 1.54) is 26.4 Å². The second kappa shape index (κ2) is 6.26. The summed E-state index contributed by atoms with van der Waals surface area (Å²) in [7, 11) is 2.99. The molecule has 4 nitrogen and oxygen atoms in total. The third-order valence-electron chi connectivity index (χ3n) is 2.99. The van der Waals surface area contributed by atoms with E-state index >= 15 is 0 Å². The molecule has 2 aromatic rings. The maximum absolute atomic E-state index is 13.8. The van der Waals surface area contributed by atoms with Gasteiger partial charge in [0, 0.05) is 11.6 Å². The first-order valence-corrected chi connectivity index (χ1v) is 6.34. The Morgan fingerprint density at radius 3 is 2.19 bits per heavy atom. The zero-order valence-corrected chi connectivity index (χ0v) is 12.1. The average molecular weight is 289 g/mol. The van der Waals surface area contributed by atoms with Crippen LogP contribution in [0.2, 0.25) is 0 Å². The quantitative estimate of drug-likeness (QED) is 0.938. The van der Waals surface area contributed by atoms with E-state index in [1.54, 1.807) is 31.2 Å². The predicted octanol–water partition coefficient (Wildman–Crippen LogP) is 3.40. The van der Waals surface area contributed by atoms with E-state index in [0.717, 1.165) is 5.56 Å². The molecule has 0 aromatic heterocycles. The van der Waals surface area contributed by atoms with E-state index in [1.807, 2.05) is 0 Å². The van der Waals surface area contributed by atoms with Crippen molar-refractivity contribution in [2.24, 2.45) is 0 Å². The number of nitrogens with one attached hydrogen (secondary N) is 1. The van der Waals surface area contributed by atoms with Gasteiger partial charge in [0.05, 0.1) is 19.9 Å². The molecule has 0 radical (unpaired) electrons. The fourth-order valence-corrected chi connectivity index (χ4v) is 1.85. The summed E-state index contributed by atoms with van der Waals surface area (Å²) in [5.41, 5.74) is 1.24. The fourth-order valence-electron chi connectivity index (χ4n) is 1.85. The van der Waals surface area contributed by atoms with E-state index < -0.39 is 11.7 Å². The molecule has 0 unspecified atom stereocenters. The Hall–Kier alpha value is -2.56. The van der Waals surface area contributed by atoms with Crippen LogP contribution in [0.4, 0.5) is 10.1 Å². The van der Waals surface area contributed by atoms with Gasteiger partial charge in [-0.25, -0.2) is 4.39 Å².